The van der Waals surface area contributed by atoms with Gasteiger partial charge in [-0.1, -0.05) is 19.3 Å². The highest BCUT2D eigenvalue weighted by molar-refractivity contribution is 5.80. The summed E-state index contributed by atoms with van der Waals surface area (Å²) in [4.78, 5) is 16.0. The zero-order chi connectivity index (χ0) is 15.3. The third kappa shape index (κ3) is 9.28. The van der Waals surface area contributed by atoms with Gasteiger partial charge in [-0.15, -0.1) is 0 Å². The van der Waals surface area contributed by atoms with Gasteiger partial charge in [-0.3, -0.25) is 9.79 Å². The van der Waals surface area contributed by atoms with Gasteiger partial charge in [-0.05, 0) is 26.2 Å². The van der Waals surface area contributed by atoms with Gasteiger partial charge >= 0.3 is 0 Å². The summed E-state index contributed by atoms with van der Waals surface area (Å²) in [6, 6.07) is 0.371. The Bertz CT molecular complexity index is 315. The summed E-state index contributed by atoms with van der Waals surface area (Å²) < 4.78 is 5.22. The van der Waals surface area contributed by atoms with E-state index in [2.05, 4.69) is 15.6 Å². The fourth-order valence-electron chi connectivity index (χ4n) is 2.42. The fourth-order valence-corrected chi connectivity index (χ4v) is 2.42. The standard InChI is InChI=1S/C15H30N4O2/c1-2-21-12-6-10-17-15(16)18-11-9-14(20)19-13-7-4-3-5-8-13/h13H,2-12H2,1H3,(H,19,20)(H3,16,17,18). The van der Waals surface area contributed by atoms with Crippen molar-refractivity contribution in [3.63, 3.8) is 0 Å². The normalized spacial score (nSPS) is 16.7. The quantitative estimate of drug-likeness (QED) is 0.338. The summed E-state index contributed by atoms with van der Waals surface area (Å²) in [6.07, 6.45) is 7.27. The smallest absolute Gasteiger partial charge is 0.221 e. The Labute approximate surface area is 127 Å². The molecule has 6 heteroatoms. The third-order valence-electron chi connectivity index (χ3n) is 3.56. The molecule has 0 aromatic heterocycles. The van der Waals surface area contributed by atoms with Crippen LogP contribution in [0, 0.1) is 0 Å². The number of hydrogen-bond donors (Lipinski definition) is 3. The molecule has 6 nitrogen and oxygen atoms in total. The first-order valence-electron chi connectivity index (χ1n) is 8.13. The number of nitrogens with two attached hydrogens (primary N) is 1. The molecule has 0 aromatic rings. The average molecular weight is 298 g/mol. The maximum absolute atomic E-state index is 11.8. The SMILES string of the molecule is CCOCCCN=C(N)NCCC(=O)NC1CCCCC1. The highest BCUT2D eigenvalue weighted by Crippen LogP contribution is 2.17. The molecule has 0 heterocycles. The topological polar surface area (TPSA) is 88.7 Å². The van der Waals surface area contributed by atoms with Gasteiger partial charge < -0.3 is 21.1 Å². The molecule has 0 aromatic carbocycles. The second-order valence-electron chi connectivity index (χ2n) is 5.40. The molecule has 122 valence electrons. The lowest BCUT2D eigenvalue weighted by atomic mass is 9.95. The zero-order valence-electron chi connectivity index (χ0n) is 13.2. The van der Waals surface area contributed by atoms with Crippen molar-refractivity contribution in [2.24, 2.45) is 10.7 Å². The molecule has 4 N–H and O–H groups in total. The number of nitrogens with one attached hydrogen (secondary N) is 2. The van der Waals surface area contributed by atoms with Crippen molar-refractivity contribution < 1.29 is 9.53 Å². The van der Waals surface area contributed by atoms with E-state index in [1.54, 1.807) is 0 Å². The predicted molar refractivity (Wildman–Crippen MR) is 85.2 cm³/mol. The molecule has 1 saturated carbocycles. The lowest BCUT2D eigenvalue weighted by Gasteiger charge is -2.22. The number of nitrogens with zero attached hydrogens (tertiary/aromatic N) is 1. The van der Waals surface area contributed by atoms with Gasteiger partial charge in [0.05, 0.1) is 0 Å². The molecular formula is C15H30N4O2. The summed E-state index contributed by atoms with van der Waals surface area (Å²) in [7, 11) is 0. The van der Waals surface area contributed by atoms with Gasteiger partial charge in [0.25, 0.3) is 0 Å². The number of carbonyl (C=O) groups is 1. The molecule has 0 radical (unpaired) electrons. The molecule has 0 spiro atoms. The van der Waals surface area contributed by atoms with E-state index in [1.165, 1.54) is 19.3 Å². The van der Waals surface area contributed by atoms with E-state index in [1.807, 2.05) is 6.92 Å². The summed E-state index contributed by atoms with van der Waals surface area (Å²) in [5, 5.41) is 6.05. The van der Waals surface area contributed by atoms with Gasteiger partial charge in [0.2, 0.25) is 5.91 Å². The van der Waals surface area contributed by atoms with Gasteiger partial charge in [-0.2, -0.15) is 0 Å². The molecule has 0 saturated heterocycles. The molecule has 1 aliphatic carbocycles. The minimum atomic E-state index is 0.0959. The molecule has 0 bridgehead atoms. The fraction of sp³-hybridized carbons (Fsp3) is 0.867. The van der Waals surface area contributed by atoms with Crippen LogP contribution in [0.4, 0.5) is 0 Å². The van der Waals surface area contributed by atoms with Crippen molar-refractivity contribution in [3.8, 4) is 0 Å². The monoisotopic (exact) mass is 298 g/mol. The van der Waals surface area contributed by atoms with Crippen molar-refractivity contribution >= 4 is 11.9 Å². The number of ether oxygens (including phenoxy) is 1. The number of guanidine groups is 1. The first kappa shape index (κ1) is 17.8. The summed E-state index contributed by atoms with van der Waals surface area (Å²) in [6.45, 7) is 4.58. The van der Waals surface area contributed by atoms with Gasteiger partial charge in [-0.25, -0.2) is 0 Å². The van der Waals surface area contributed by atoms with Crippen LogP contribution in [0.2, 0.25) is 0 Å². The van der Waals surface area contributed by atoms with Crippen LogP contribution < -0.4 is 16.4 Å². The molecule has 0 aliphatic heterocycles. The summed E-state index contributed by atoms with van der Waals surface area (Å²) in [5.41, 5.74) is 5.73. The van der Waals surface area contributed by atoms with Crippen molar-refractivity contribution in [3.05, 3.63) is 0 Å². The van der Waals surface area contributed by atoms with Crippen LogP contribution in [0.1, 0.15) is 51.9 Å². The Balaban J connectivity index is 2.03. The summed E-state index contributed by atoms with van der Waals surface area (Å²) in [5.74, 6) is 0.496. The van der Waals surface area contributed by atoms with Crippen LogP contribution >= 0.6 is 0 Å². The van der Waals surface area contributed by atoms with E-state index in [9.17, 15) is 4.79 Å². The van der Waals surface area contributed by atoms with Gasteiger partial charge in [0, 0.05) is 38.8 Å². The van der Waals surface area contributed by atoms with Crippen LogP contribution in [0.5, 0.6) is 0 Å². The molecule has 1 rings (SSSR count). The number of aliphatic imine (C=N–C) groups is 1. The zero-order valence-corrected chi connectivity index (χ0v) is 13.2. The minimum absolute atomic E-state index is 0.0959. The predicted octanol–water partition coefficient (Wildman–Crippen LogP) is 1.16. The largest absolute Gasteiger partial charge is 0.382 e. The van der Waals surface area contributed by atoms with E-state index in [0.717, 1.165) is 25.9 Å². The van der Waals surface area contributed by atoms with E-state index >= 15 is 0 Å². The first-order valence-corrected chi connectivity index (χ1v) is 8.13. The molecule has 0 atom stereocenters. The maximum atomic E-state index is 11.8. The second-order valence-corrected chi connectivity index (χ2v) is 5.40. The Morgan fingerprint density at radius 1 is 1.33 bits per heavy atom. The number of hydrogen-bond acceptors (Lipinski definition) is 3. The highest BCUT2D eigenvalue weighted by atomic mass is 16.5. The molecule has 1 aliphatic rings. The lowest BCUT2D eigenvalue weighted by molar-refractivity contribution is -0.121. The second kappa shape index (κ2) is 11.4. The van der Waals surface area contributed by atoms with Crippen molar-refractivity contribution in [2.45, 2.75) is 57.9 Å². The van der Waals surface area contributed by atoms with E-state index in [-0.39, 0.29) is 5.91 Å². The van der Waals surface area contributed by atoms with Gasteiger partial charge in [0.1, 0.15) is 0 Å². The van der Waals surface area contributed by atoms with Crippen molar-refractivity contribution in [2.75, 3.05) is 26.3 Å². The van der Waals surface area contributed by atoms with Crippen molar-refractivity contribution in [1.29, 1.82) is 0 Å². The third-order valence-corrected chi connectivity index (χ3v) is 3.56. The number of rotatable bonds is 9. The molecule has 1 fully saturated rings. The minimum Gasteiger partial charge on any atom is -0.382 e. The Morgan fingerprint density at radius 3 is 2.81 bits per heavy atom. The Kier molecular flexibility index (Phi) is 9.61. The van der Waals surface area contributed by atoms with Gasteiger partial charge in [0.15, 0.2) is 5.96 Å². The number of amides is 1. The molecular weight excluding hydrogens is 268 g/mol. The van der Waals surface area contributed by atoms with Crippen molar-refractivity contribution in [1.82, 2.24) is 10.6 Å². The van der Waals surface area contributed by atoms with Crippen LogP contribution in [-0.2, 0) is 9.53 Å². The van der Waals surface area contributed by atoms with E-state index in [4.69, 9.17) is 10.5 Å². The highest BCUT2D eigenvalue weighted by Gasteiger charge is 2.15. The van der Waals surface area contributed by atoms with Crippen LogP contribution in [0.3, 0.4) is 0 Å². The van der Waals surface area contributed by atoms with E-state index < -0.39 is 0 Å². The van der Waals surface area contributed by atoms with Crippen LogP contribution in [0.25, 0.3) is 0 Å². The Hall–Kier alpha value is -1.30. The Morgan fingerprint density at radius 2 is 2.10 bits per heavy atom. The number of carbonyl (C=O) groups excluding carboxylic acids is 1. The average Bonchev–Trinajstić information content (AvgIpc) is 2.48. The van der Waals surface area contributed by atoms with E-state index in [0.29, 0.717) is 38.1 Å². The van der Waals surface area contributed by atoms with Crippen LogP contribution in [0.15, 0.2) is 4.99 Å². The van der Waals surface area contributed by atoms with Crippen LogP contribution in [-0.4, -0.2) is 44.2 Å². The molecule has 1 amide bonds. The molecule has 0 unspecified atom stereocenters. The lowest BCUT2D eigenvalue weighted by Crippen LogP contribution is -2.39. The first-order chi connectivity index (χ1) is 10.2. The molecule has 21 heavy (non-hydrogen) atoms. The maximum Gasteiger partial charge on any atom is 0.221 e. The summed E-state index contributed by atoms with van der Waals surface area (Å²) >= 11 is 0.